The van der Waals surface area contributed by atoms with Gasteiger partial charge in [-0.1, -0.05) is 56.3 Å². The summed E-state index contributed by atoms with van der Waals surface area (Å²) in [4.78, 5) is 11.0. The van der Waals surface area contributed by atoms with Gasteiger partial charge in [0.25, 0.3) is 0 Å². The Balaban J connectivity index is 2.29. The van der Waals surface area contributed by atoms with E-state index < -0.39 is 5.97 Å². The number of aliphatic carboxylic acids is 1. The number of rotatable bonds is 4. The predicted molar refractivity (Wildman–Crippen MR) is 73.6 cm³/mol. The van der Waals surface area contributed by atoms with E-state index in [2.05, 4.69) is 24.3 Å². The van der Waals surface area contributed by atoms with E-state index in [-0.39, 0.29) is 11.8 Å². The smallest absolute Gasteiger partial charge is 0.306 e. The highest BCUT2D eigenvalue weighted by Gasteiger charge is 2.20. The van der Waals surface area contributed by atoms with Gasteiger partial charge in [0, 0.05) is 0 Å². The summed E-state index contributed by atoms with van der Waals surface area (Å²) in [5.74, 6) is -0.903. The van der Waals surface area contributed by atoms with Crippen LogP contribution in [0, 0.1) is 11.8 Å². The van der Waals surface area contributed by atoms with Crippen LogP contribution in [0.1, 0.15) is 19.4 Å². The molecule has 0 aliphatic heterocycles. The molecule has 0 heterocycles. The van der Waals surface area contributed by atoms with E-state index in [0.29, 0.717) is 0 Å². The first-order valence-corrected chi connectivity index (χ1v) is 6.29. The summed E-state index contributed by atoms with van der Waals surface area (Å²) in [6.07, 6.45) is 0.800. The molecule has 0 fully saturated rings. The van der Waals surface area contributed by atoms with Crippen LogP contribution in [0.4, 0.5) is 0 Å². The lowest BCUT2D eigenvalue weighted by Gasteiger charge is -2.17. The van der Waals surface area contributed by atoms with Crippen LogP contribution >= 0.6 is 0 Å². The number of carboxylic acids is 1. The molecular formula is C16H18O2. The van der Waals surface area contributed by atoms with Gasteiger partial charge < -0.3 is 5.11 Å². The Morgan fingerprint density at radius 3 is 2.50 bits per heavy atom. The lowest BCUT2D eigenvalue weighted by Crippen LogP contribution is -2.20. The van der Waals surface area contributed by atoms with Crippen molar-refractivity contribution >= 4 is 16.7 Å². The molecule has 2 aromatic carbocycles. The fraction of sp³-hybridized carbons (Fsp3) is 0.312. The molecule has 2 heteroatoms. The molecule has 0 aliphatic carbocycles. The number of fused-ring (bicyclic) bond motifs is 1. The highest BCUT2D eigenvalue weighted by Crippen LogP contribution is 2.24. The number of hydrogen-bond acceptors (Lipinski definition) is 1. The summed E-state index contributed by atoms with van der Waals surface area (Å²) in [6.45, 7) is 3.78. The van der Waals surface area contributed by atoms with E-state index in [0.717, 1.165) is 6.42 Å². The number of carboxylic acid groups (broad SMARTS) is 1. The Kier molecular flexibility index (Phi) is 3.66. The Morgan fingerprint density at radius 1 is 1.11 bits per heavy atom. The van der Waals surface area contributed by atoms with Gasteiger partial charge in [-0.25, -0.2) is 0 Å². The minimum absolute atomic E-state index is 0.133. The van der Waals surface area contributed by atoms with E-state index in [1.807, 2.05) is 25.1 Å². The van der Waals surface area contributed by atoms with Gasteiger partial charge in [-0.3, -0.25) is 4.79 Å². The van der Waals surface area contributed by atoms with Crippen LogP contribution in [0.15, 0.2) is 42.5 Å². The summed E-state index contributed by atoms with van der Waals surface area (Å²) < 4.78 is 0. The maximum atomic E-state index is 11.0. The zero-order valence-corrected chi connectivity index (χ0v) is 10.8. The van der Waals surface area contributed by atoms with E-state index in [1.54, 1.807) is 6.92 Å². The number of hydrogen-bond donors (Lipinski definition) is 1. The molecule has 0 unspecified atom stereocenters. The molecule has 0 aliphatic rings. The van der Waals surface area contributed by atoms with Crippen LogP contribution in [-0.4, -0.2) is 11.1 Å². The molecule has 0 bridgehead atoms. The standard InChI is InChI=1S/C16H18O2/c1-11(12(2)16(17)18)10-14-8-5-7-13-6-3-4-9-15(13)14/h3-9,11-12H,10H2,1-2H3,(H,17,18)/t11-,12+/m1/s1. The molecule has 1 N–H and O–H groups in total. The minimum atomic E-state index is -0.720. The number of carbonyl (C=O) groups is 1. The second-order valence-electron chi connectivity index (χ2n) is 4.95. The first-order valence-electron chi connectivity index (χ1n) is 6.29. The third-order valence-corrected chi connectivity index (χ3v) is 3.66. The maximum Gasteiger partial charge on any atom is 0.306 e. The van der Waals surface area contributed by atoms with Crippen LogP contribution in [-0.2, 0) is 11.2 Å². The summed E-state index contributed by atoms with van der Waals surface area (Å²) in [6, 6.07) is 14.5. The van der Waals surface area contributed by atoms with Crippen LogP contribution < -0.4 is 0 Å². The topological polar surface area (TPSA) is 37.3 Å². The van der Waals surface area contributed by atoms with Crippen molar-refractivity contribution in [3.8, 4) is 0 Å². The average Bonchev–Trinajstić information content (AvgIpc) is 2.38. The van der Waals surface area contributed by atoms with Crippen molar-refractivity contribution in [1.82, 2.24) is 0 Å². The largest absolute Gasteiger partial charge is 0.481 e. The second-order valence-corrected chi connectivity index (χ2v) is 4.95. The summed E-state index contributed by atoms with van der Waals surface area (Å²) in [5.41, 5.74) is 1.23. The van der Waals surface area contributed by atoms with E-state index >= 15 is 0 Å². The highest BCUT2D eigenvalue weighted by atomic mass is 16.4. The van der Waals surface area contributed by atoms with Crippen molar-refractivity contribution < 1.29 is 9.90 Å². The summed E-state index contributed by atoms with van der Waals surface area (Å²) in [7, 11) is 0. The fourth-order valence-corrected chi connectivity index (χ4v) is 2.24. The molecule has 0 saturated carbocycles. The Hall–Kier alpha value is -1.83. The first-order chi connectivity index (χ1) is 8.59. The van der Waals surface area contributed by atoms with E-state index in [1.165, 1.54) is 16.3 Å². The molecule has 2 nitrogen and oxygen atoms in total. The fourth-order valence-electron chi connectivity index (χ4n) is 2.24. The van der Waals surface area contributed by atoms with Crippen LogP contribution in [0.5, 0.6) is 0 Å². The Bertz CT molecular complexity index is 555. The van der Waals surface area contributed by atoms with E-state index in [9.17, 15) is 4.79 Å². The normalized spacial score (nSPS) is 14.3. The van der Waals surface area contributed by atoms with Gasteiger partial charge in [0.1, 0.15) is 0 Å². The molecule has 18 heavy (non-hydrogen) atoms. The molecule has 2 atom stereocenters. The Morgan fingerprint density at radius 2 is 1.78 bits per heavy atom. The lowest BCUT2D eigenvalue weighted by molar-refractivity contribution is -0.142. The molecular weight excluding hydrogens is 224 g/mol. The van der Waals surface area contributed by atoms with Crippen molar-refractivity contribution in [2.75, 3.05) is 0 Å². The highest BCUT2D eigenvalue weighted by molar-refractivity contribution is 5.85. The third-order valence-electron chi connectivity index (χ3n) is 3.66. The van der Waals surface area contributed by atoms with Gasteiger partial charge in [-0.2, -0.15) is 0 Å². The zero-order valence-electron chi connectivity index (χ0n) is 10.8. The van der Waals surface area contributed by atoms with Gasteiger partial charge in [-0.05, 0) is 28.7 Å². The summed E-state index contributed by atoms with van der Waals surface area (Å²) in [5, 5.41) is 11.5. The molecule has 0 spiro atoms. The first kappa shape index (κ1) is 12.6. The SMILES string of the molecule is C[C@H](Cc1cccc2ccccc12)[C@H](C)C(=O)O. The maximum absolute atomic E-state index is 11.0. The molecule has 0 saturated heterocycles. The van der Waals surface area contributed by atoms with Crippen molar-refractivity contribution in [2.45, 2.75) is 20.3 Å². The predicted octanol–water partition coefficient (Wildman–Crippen LogP) is 3.74. The van der Waals surface area contributed by atoms with Crippen LogP contribution in [0.25, 0.3) is 10.8 Å². The van der Waals surface area contributed by atoms with E-state index in [4.69, 9.17) is 5.11 Å². The number of benzene rings is 2. The second kappa shape index (κ2) is 5.21. The zero-order chi connectivity index (χ0) is 13.1. The van der Waals surface area contributed by atoms with Crippen molar-refractivity contribution in [1.29, 1.82) is 0 Å². The molecule has 2 rings (SSSR count). The van der Waals surface area contributed by atoms with Gasteiger partial charge in [0.15, 0.2) is 0 Å². The molecule has 0 radical (unpaired) electrons. The van der Waals surface area contributed by atoms with Gasteiger partial charge in [0.2, 0.25) is 0 Å². The summed E-state index contributed by atoms with van der Waals surface area (Å²) >= 11 is 0. The van der Waals surface area contributed by atoms with Gasteiger partial charge in [0.05, 0.1) is 5.92 Å². The average molecular weight is 242 g/mol. The van der Waals surface area contributed by atoms with Gasteiger partial charge >= 0.3 is 5.97 Å². The quantitative estimate of drug-likeness (QED) is 0.886. The molecule has 2 aromatic rings. The minimum Gasteiger partial charge on any atom is -0.481 e. The molecule has 0 amide bonds. The third kappa shape index (κ3) is 2.53. The molecule has 94 valence electrons. The van der Waals surface area contributed by atoms with Crippen LogP contribution in [0.3, 0.4) is 0 Å². The lowest BCUT2D eigenvalue weighted by atomic mass is 9.88. The molecule has 0 aromatic heterocycles. The Labute approximate surface area is 107 Å². The van der Waals surface area contributed by atoms with Crippen molar-refractivity contribution in [3.63, 3.8) is 0 Å². The van der Waals surface area contributed by atoms with Crippen molar-refractivity contribution in [3.05, 3.63) is 48.0 Å². The monoisotopic (exact) mass is 242 g/mol. The van der Waals surface area contributed by atoms with Crippen molar-refractivity contribution in [2.24, 2.45) is 11.8 Å². The van der Waals surface area contributed by atoms with Crippen LogP contribution in [0.2, 0.25) is 0 Å². The van der Waals surface area contributed by atoms with Gasteiger partial charge in [-0.15, -0.1) is 0 Å².